The topological polar surface area (TPSA) is 56.3 Å². The number of furan rings is 1. The van der Waals surface area contributed by atoms with Gasteiger partial charge in [-0.3, -0.25) is 4.79 Å². The fourth-order valence-corrected chi connectivity index (χ4v) is 2.02. The second-order valence-corrected chi connectivity index (χ2v) is 4.37. The van der Waals surface area contributed by atoms with E-state index >= 15 is 0 Å². The average Bonchev–Trinajstić information content (AvgIpc) is 2.75. The fraction of sp³-hybridized carbons (Fsp3) is 0.500. The van der Waals surface area contributed by atoms with Crippen LogP contribution in [0.15, 0.2) is 22.8 Å². The Hall–Kier alpha value is -1.58. The van der Waals surface area contributed by atoms with E-state index in [-0.39, 0.29) is 5.78 Å². The van der Waals surface area contributed by atoms with Crippen LogP contribution in [0.25, 0.3) is 0 Å². The lowest BCUT2D eigenvalue weighted by molar-refractivity contribution is -0.525. The van der Waals surface area contributed by atoms with Crippen LogP contribution < -0.4 is 0 Å². The number of rotatable bonds is 2. The van der Waals surface area contributed by atoms with Crippen LogP contribution in [0.2, 0.25) is 0 Å². The van der Waals surface area contributed by atoms with Crippen molar-refractivity contribution < 1.29 is 14.0 Å². The highest BCUT2D eigenvalue weighted by atomic mass is 16.5. The van der Waals surface area contributed by atoms with Crippen LogP contribution in [0.1, 0.15) is 38.4 Å². The zero-order valence-electron chi connectivity index (χ0n) is 9.31. The van der Waals surface area contributed by atoms with Gasteiger partial charge in [-0.15, -0.1) is 0 Å². The van der Waals surface area contributed by atoms with E-state index in [2.05, 4.69) is 0 Å². The summed E-state index contributed by atoms with van der Waals surface area (Å²) in [5, 5.41) is 12.0. The van der Waals surface area contributed by atoms with Crippen LogP contribution in [0, 0.1) is 5.21 Å². The maximum absolute atomic E-state index is 12.0. The molecule has 0 N–H and O–H groups in total. The van der Waals surface area contributed by atoms with Gasteiger partial charge in [-0.1, -0.05) is 0 Å². The van der Waals surface area contributed by atoms with Gasteiger partial charge < -0.3 is 9.62 Å². The minimum atomic E-state index is -0.912. The second-order valence-electron chi connectivity index (χ2n) is 4.37. The van der Waals surface area contributed by atoms with E-state index in [0.717, 1.165) is 17.6 Å². The summed E-state index contributed by atoms with van der Waals surface area (Å²) in [6.07, 6.45) is 5.79. The van der Waals surface area contributed by atoms with Crippen molar-refractivity contribution in [3.63, 3.8) is 0 Å². The van der Waals surface area contributed by atoms with E-state index in [1.165, 1.54) is 12.5 Å². The molecule has 1 aromatic rings. The van der Waals surface area contributed by atoms with Crippen LogP contribution in [-0.2, 0) is 4.79 Å². The van der Waals surface area contributed by atoms with Crippen molar-refractivity contribution in [1.29, 1.82) is 0 Å². The van der Waals surface area contributed by atoms with Crippen molar-refractivity contribution in [2.24, 2.45) is 0 Å². The molecule has 1 aromatic heterocycles. The number of ketones is 1. The molecule has 86 valence electrons. The van der Waals surface area contributed by atoms with Gasteiger partial charge in [0.1, 0.15) is 0 Å². The zero-order chi connectivity index (χ0) is 11.6. The number of Topliss-reactive ketones (excluding diaryl/α,β-unsaturated/α-hetero) is 1. The Labute approximate surface area is 94.2 Å². The van der Waals surface area contributed by atoms with Gasteiger partial charge in [0.15, 0.2) is 5.76 Å². The molecule has 1 heterocycles. The number of carbonyl (C=O) groups is 1. The summed E-state index contributed by atoms with van der Waals surface area (Å²) in [4.78, 5) is 11.8. The van der Waals surface area contributed by atoms with Gasteiger partial charge in [0.05, 0.1) is 6.26 Å². The molecule has 1 unspecified atom stereocenters. The molecule has 1 atom stereocenters. The quantitative estimate of drug-likeness (QED) is 0.332. The maximum atomic E-state index is 12.0. The van der Waals surface area contributed by atoms with E-state index in [4.69, 9.17) is 4.42 Å². The number of carbonyl (C=O) groups excluding carboxylic acids is 1. The minimum absolute atomic E-state index is 0.0246. The summed E-state index contributed by atoms with van der Waals surface area (Å²) in [6.45, 7) is 1.71. The summed E-state index contributed by atoms with van der Waals surface area (Å²) in [7, 11) is 0. The van der Waals surface area contributed by atoms with Gasteiger partial charge in [0.2, 0.25) is 17.5 Å². The molecule has 1 aliphatic rings. The molecular formula is C12H15NO3. The summed E-state index contributed by atoms with van der Waals surface area (Å²) in [5.41, 5.74) is -0.912. The molecule has 4 heteroatoms. The molecule has 0 spiro atoms. The van der Waals surface area contributed by atoms with E-state index in [1.807, 2.05) is 0 Å². The van der Waals surface area contributed by atoms with Gasteiger partial charge in [-0.25, -0.2) is 0 Å². The number of hydrogen-bond acceptors (Lipinski definition) is 3. The second kappa shape index (κ2) is 4.12. The van der Waals surface area contributed by atoms with Gasteiger partial charge in [-0.05, 0) is 25.0 Å². The molecule has 0 aliphatic heterocycles. The first-order valence-electron chi connectivity index (χ1n) is 5.51. The minimum Gasteiger partial charge on any atom is -0.623 e. The molecule has 0 saturated heterocycles. The summed E-state index contributed by atoms with van der Waals surface area (Å²) < 4.78 is 5.81. The summed E-state index contributed by atoms with van der Waals surface area (Å²) in [6, 6.07) is 3.41. The van der Waals surface area contributed by atoms with E-state index < -0.39 is 5.54 Å². The highest BCUT2D eigenvalue weighted by Crippen LogP contribution is 2.27. The van der Waals surface area contributed by atoms with Gasteiger partial charge in [-0.2, -0.15) is 4.74 Å². The molecule has 0 aromatic carbocycles. The third kappa shape index (κ3) is 1.87. The Kier molecular flexibility index (Phi) is 2.81. The molecule has 1 fully saturated rings. The normalized spacial score (nSPS) is 27.1. The van der Waals surface area contributed by atoms with Crippen LogP contribution in [0.4, 0.5) is 0 Å². The highest BCUT2D eigenvalue weighted by Gasteiger charge is 2.42. The third-order valence-electron chi connectivity index (χ3n) is 3.19. The predicted octanol–water partition coefficient (Wildman–Crippen LogP) is 2.11. The maximum Gasteiger partial charge on any atom is 0.227 e. The predicted molar refractivity (Wildman–Crippen MR) is 59.4 cm³/mol. The van der Waals surface area contributed by atoms with Gasteiger partial charge in [0.25, 0.3) is 0 Å². The third-order valence-corrected chi connectivity index (χ3v) is 3.19. The van der Waals surface area contributed by atoms with E-state index in [9.17, 15) is 10.0 Å². The van der Waals surface area contributed by atoms with E-state index in [0.29, 0.717) is 18.6 Å². The standard InChI is InChI=1S/C12H15NO3/c1-12(7-3-2-6-11(12)14)13(15)9-10-5-4-8-16-10/h4-5,8-9H,2-3,6-7H2,1H3/b13-9-. The fourth-order valence-electron chi connectivity index (χ4n) is 2.02. The molecule has 1 saturated carbocycles. The Bertz CT molecular complexity index is 408. The van der Waals surface area contributed by atoms with Gasteiger partial charge in [0, 0.05) is 19.8 Å². The van der Waals surface area contributed by atoms with Crippen molar-refractivity contribution in [1.82, 2.24) is 0 Å². The Morgan fingerprint density at radius 3 is 3.00 bits per heavy atom. The van der Waals surface area contributed by atoms with Crippen molar-refractivity contribution in [3.05, 3.63) is 29.4 Å². The van der Waals surface area contributed by atoms with Gasteiger partial charge >= 0.3 is 0 Å². The van der Waals surface area contributed by atoms with Crippen molar-refractivity contribution in [2.45, 2.75) is 38.1 Å². The van der Waals surface area contributed by atoms with Crippen LogP contribution in [0.3, 0.4) is 0 Å². The lowest BCUT2D eigenvalue weighted by atomic mass is 9.82. The Morgan fingerprint density at radius 2 is 2.38 bits per heavy atom. The summed E-state index contributed by atoms with van der Waals surface area (Å²) in [5.74, 6) is 0.506. The summed E-state index contributed by atoms with van der Waals surface area (Å²) >= 11 is 0. The Morgan fingerprint density at radius 1 is 1.56 bits per heavy atom. The molecule has 4 nitrogen and oxygen atoms in total. The SMILES string of the molecule is CC1(/[N+]([O-])=C/c2ccco2)CCCCC1=O. The molecule has 2 rings (SSSR count). The highest BCUT2D eigenvalue weighted by molar-refractivity contribution is 5.88. The first kappa shape index (κ1) is 10.9. The lowest BCUT2D eigenvalue weighted by Crippen LogP contribution is -2.46. The van der Waals surface area contributed by atoms with Crippen LogP contribution in [0.5, 0.6) is 0 Å². The molecule has 0 bridgehead atoms. The van der Waals surface area contributed by atoms with Crippen molar-refractivity contribution >= 4 is 12.0 Å². The lowest BCUT2D eigenvalue weighted by Gasteiger charge is -2.29. The smallest absolute Gasteiger partial charge is 0.227 e. The first-order chi connectivity index (χ1) is 7.63. The molecule has 0 radical (unpaired) electrons. The molecule has 1 aliphatic carbocycles. The first-order valence-corrected chi connectivity index (χ1v) is 5.51. The Balaban J connectivity index is 2.25. The van der Waals surface area contributed by atoms with Crippen LogP contribution >= 0.6 is 0 Å². The van der Waals surface area contributed by atoms with Crippen molar-refractivity contribution in [3.8, 4) is 0 Å². The van der Waals surface area contributed by atoms with Crippen LogP contribution in [-0.4, -0.2) is 22.3 Å². The van der Waals surface area contributed by atoms with Crippen molar-refractivity contribution in [2.75, 3.05) is 0 Å². The number of nitrogens with zero attached hydrogens (tertiary/aromatic N) is 1. The zero-order valence-corrected chi connectivity index (χ0v) is 9.31. The molecular weight excluding hydrogens is 206 g/mol. The number of hydrogen-bond donors (Lipinski definition) is 0. The average molecular weight is 221 g/mol. The number of hydroxylamine groups is 1. The molecule has 16 heavy (non-hydrogen) atoms. The largest absolute Gasteiger partial charge is 0.623 e. The van der Waals surface area contributed by atoms with E-state index in [1.54, 1.807) is 19.1 Å². The monoisotopic (exact) mass is 221 g/mol. The molecule has 0 amide bonds.